The summed E-state index contributed by atoms with van der Waals surface area (Å²) in [5, 5.41) is 3.77. The lowest BCUT2D eigenvalue weighted by molar-refractivity contribution is -0.122. The fourth-order valence-corrected chi connectivity index (χ4v) is 2.76. The van der Waals surface area contributed by atoms with Gasteiger partial charge in [-0.25, -0.2) is 4.39 Å². The lowest BCUT2D eigenvalue weighted by atomic mass is 10.1. The van der Waals surface area contributed by atoms with Gasteiger partial charge in [0.25, 0.3) is 0 Å². The molecular formula is C17H15ClFN3OS. The van der Waals surface area contributed by atoms with E-state index < -0.39 is 0 Å². The van der Waals surface area contributed by atoms with E-state index in [2.05, 4.69) is 16.2 Å². The van der Waals surface area contributed by atoms with Crippen molar-refractivity contribution in [3.63, 3.8) is 0 Å². The second-order valence-electron chi connectivity index (χ2n) is 5.58. The molecule has 0 aliphatic heterocycles. The number of nitrogens with one attached hydrogen (secondary N) is 3. The Morgan fingerprint density at radius 1 is 1.08 bits per heavy atom. The molecule has 3 N–H and O–H groups in total. The first-order valence-corrected chi connectivity index (χ1v) is 8.19. The van der Waals surface area contributed by atoms with Crippen LogP contribution in [-0.2, 0) is 4.79 Å². The minimum Gasteiger partial charge on any atom is -0.331 e. The van der Waals surface area contributed by atoms with Gasteiger partial charge in [-0.1, -0.05) is 23.7 Å². The summed E-state index contributed by atoms with van der Waals surface area (Å²) in [7, 11) is 0. The Morgan fingerprint density at radius 3 is 2.42 bits per heavy atom. The third kappa shape index (κ3) is 4.21. The van der Waals surface area contributed by atoms with Crippen LogP contribution in [0.3, 0.4) is 0 Å². The van der Waals surface area contributed by atoms with Crippen molar-refractivity contribution in [1.29, 1.82) is 0 Å². The molecule has 1 saturated carbocycles. The van der Waals surface area contributed by atoms with E-state index in [-0.39, 0.29) is 28.7 Å². The van der Waals surface area contributed by atoms with Crippen molar-refractivity contribution in [2.24, 2.45) is 5.92 Å². The lowest BCUT2D eigenvalue weighted by Gasteiger charge is -2.11. The highest BCUT2D eigenvalue weighted by molar-refractivity contribution is 7.80. The van der Waals surface area contributed by atoms with Gasteiger partial charge in [0.05, 0.1) is 0 Å². The van der Waals surface area contributed by atoms with Crippen LogP contribution in [0.1, 0.15) is 17.9 Å². The zero-order chi connectivity index (χ0) is 17.1. The van der Waals surface area contributed by atoms with Crippen LogP contribution in [-0.4, -0.2) is 11.0 Å². The lowest BCUT2D eigenvalue weighted by Crippen LogP contribution is -2.44. The molecular weight excluding hydrogens is 349 g/mol. The zero-order valence-corrected chi connectivity index (χ0v) is 14.1. The topological polar surface area (TPSA) is 53.2 Å². The largest absolute Gasteiger partial charge is 0.331 e. The van der Waals surface area contributed by atoms with Crippen LogP contribution in [0.15, 0.2) is 48.5 Å². The summed E-state index contributed by atoms with van der Waals surface area (Å²) < 4.78 is 12.8. The Bertz CT molecular complexity index is 751. The SMILES string of the molecule is O=C(NNC(=S)Nc1ccc(F)cc1)[C@H]1C[C@H]1c1ccc(Cl)cc1. The average Bonchev–Trinajstić information content (AvgIpc) is 3.36. The summed E-state index contributed by atoms with van der Waals surface area (Å²) >= 11 is 11.0. The fraction of sp³-hybridized carbons (Fsp3) is 0.176. The molecule has 1 aliphatic rings. The predicted molar refractivity (Wildman–Crippen MR) is 96.2 cm³/mol. The van der Waals surface area contributed by atoms with E-state index in [4.69, 9.17) is 23.8 Å². The number of hydrogen-bond acceptors (Lipinski definition) is 2. The van der Waals surface area contributed by atoms with E-state index in [1.807, 2.05) is 24.3 Å². The quantitative estimate of drug-likeness (QED) is 0.576. The second kappa shape index (κ2) is 7.15. The van der Waals surface area contributed by atoms with Gasteiger partial charge in [-0.05, 0) is 66.5 Å². The zero-order valence-electron chi connectivity index (χ0n) is 12.6. The normalized spacial score (nSPS) is 18.6. The molecule has 0 spiro atoms. The van der Waals surface area contributed by atoms with Gasteiger partial charge in [-0.3, -0.25) is 15.6 Å². The van der Waals surface area contributed by atoms with Crippen LogP contribution in [0.4, 0.5) is 10.1 Å². The molecule has 24 heavy (non-hydrogen) atoms. The van der Waals surface area contributed by atoms with Crippen LogP contribution >= 0.6 is 23.8 Å². The highest BCUT2D eigenvalue weighted by Crippen LogP contribution is 2.47. The van der Waals surface area contributed by atoms with Gasteiger partial charge in [-0.15, -0.1) is 0 Å². The molecule has 0 bridgehead atoms. The highest BCUT2D eigenvalue weighted by atomic mass is 35.5. The Labute approximate surface area is 149 Å². The monoisotopic (exact) mass is 363 g/mol. The first-order chi connectivity index (χ1) is 11.5. The van der Waals surface area contributed by atoms with Gasteiger partial charge >= 0.3 is 0 Å². The van der Waals surface area contributed by atoms with Gasteiger partial charge in [0, 0.05) is 16.6 Å². The third-order valence-electron chi connectivity index (χ3n) is 3.83. The Kier molecular flexibility index (Phi) is 4.97. The first kappa shape index (κ1) is 16.7. The van der Waals surface area contributed by atoms with Crippen molar-refractivity contribution in [3.05, 3.63) is 64.9 Å². The van der Waals surface area contributed by atoms with Crippen LogP contribution in [0, 0.1) is 11.7 Å². The van der Waals surface area contributed by atoms with Crippen LogP contribution in [0.2, 0.25) is 5.02 Å². The molecule has 1 amide bonds. The first-order valence-electron chi connectivity index (χ1n) is 7.41. The Morgan fingerprint density at radius 2 is 1.75 bits per heavy atom. The number of rotatable bonds is 3. The average molecular weight is 364 g/mol. The third-order valence-corrected chi connectivity index (χ3v) is 4.28. The molecule has 0 unspecified atom stereocenters. The number of benzene rings is 2. The highest BCUT2D eigenvalue weighted by Gasteiger charge is 2.43. The van der Waals surface area contributed by atoms with Crippen molar-refractivity contribution < 1.29 is 9.18 Å². The molecule has 2 aromatic carbocycles. The number of hydrogen-bond donors (Lipinski definition) is 3. The van der Waals surface area contributed by atoms with Crippen molar-refractivity contribution in [2.75, 3.05) is 5.32 Å². The molecule has 0 radical (unpaired) electrons. The van der Waals surface area contributed by atoms with Crippen LogP contribution in [0.25, 0.3) is 0 Å². The maximum atomic E-state index is 12.8. The maximum Gasteiger partial charge on any atom is 0.242 e. The number of carbonyl (C=O) groups is 1. The van der Waals surface area contributed by atoms with Gasteiger partial charge < -0.3 is 5.32 Å². The number of carbonyl (C=O) groups excluding carboxylic acids is 1. The number of anilines is 1. The predicted octanol–water partition coefficient (Wildman–Crippen LogP) is 3.60. The smallest absolute Gasteiger partial charge is 0.242 e. The molecule has 4 nitrogen and oxygen atoms in total. The molecule has 124 valence electrons. The molecule has 7 heteroatoms. The van der Waals surface area contributed by atoms with Crippen LogP contribution < -0.4 is 16.2 Å². The van der Waals surface area contributed by atoms with Gasteiger partial charge in [-0.2, -0.15) is 0 Å². The number of thiocarbonyl (C=S) groups is 1. The van der Waals surface area contributed by atoms with Crippen LogP contribution in [0.5, 0.6) is 0 Å². The van der Waals surface area contributed by atoms with E-state index >= 15 is 0 Å². The number of halogens is 2. The molecule has 0 saturated heterocycles. The van der Waals surface area contributed by atoms with E-state index in [0.29, 0.717) is 10.7 Å². The maximum absolute atomic E-state index is 12.8. The van der Waals surface area contributed by atoms with Gasteiger partial charge in [0.2, 0.25) is 5.91 Å². The van der Waals surface area contributed by atoms with E-state index in [1.165, 1.54) is 12.1 Å². The Hall–Kier alpha value is -2.18. The minimum absolute atomic E-state index is 0.0766. The summed E-state index contributed by atoms with van der Waals surface area (Å²) in [4.78, 5) is 12.1. The van der Waals surface area contributed by atoms with E-state index in [1.54, 1.807) is 12.1 Å². The summed E-state index contributed by atoms with van der Waals surface area (Å²) in [6.07, 6.45) is 0.799. The molecule has 1 fully saturated rings. The van der Waals surface area contributed by atoms with Gasteiger partial charge in [0.1, 0.15) is 5.82 Å². The summed E-state index contributed by atoms with van der Waals surface area (Å²) in [6.45, 7) is 0. The molecule has 2 aromatic rings. The fourth-order valence-electron chi connectivity index (χ4n) is 2.47. The van der Waals surface area contributed by atoms with E-state index in [0.717, 1.165) is 12.0 Å². The van der Waals surface area contributed by atoms with E-state index in [9.17, 15) is 9.18 Å². The van der Waals surface area contributed by atoms with Crippen molar-refractivity contribution in [3.8, 4) is 0 Å². The van der Waals surface area contributed by atoms with Gasteiger partial charge in [0.15, 0.2) is 5.11 Å². The van der Waals surface area contributed by atoms with Crippen molar-refractivity contribution in [1.82, 2.24) is 10.9 Å². The molecule has 2 atom stereocenters. The number of hydrazine groups is 1. The summed E-state index contributed by atoms with van der Waals surface area (Å²) in [6, 6.07) is 13.3. The molecule has 0 heterocycles. The van der Waals surface area contributed by atoms with Crippen molar-refractivity contribution >= 4 is 40.5 Å². The second-order valence-corrected chi connectivity index (χ2v) is 6.42. The standard InChI is InChI=1S/C17H15ClFN3OS/c18-11-3-1-10(2-4-11)14-9-15(14)16(23)21-22-17(24)20-13-7-5-12(19)6-8-13/h1-8,14-15H,9H2,(H,21,23)(H2,20,22,24)/t14-,15-/m0/s1. The summed E-state index contributed by atoms with van der Waals surface area (Å²) in [5.41, 5.74) is 6.98. The Balaban J connectivity index is 1.45. The molecule has 0 aromatic heterocycles. The molecule has 1 aliphatic carbocycles. The van der Waals surface area contributed by atoms with Crippen molar-refractivity contribution in [2.45, 2.75) is 12.3 Å². The minimum atomic E-state index is -0.324. The number of amides is 1. The summed E-state index contributed by atoms with van der Waals surface area (Å²) in [5.74, 6) is -0.303. The molecule has 3 rings (SSSR count).